The highest BCUT2D eigenvalue weighted by molar-refractivity contribution is 7.25. The molecule has 10 aromatic carbocycles. The van der Waals surface area contributed by atoms with Crippen LogP contribution in [0.15, 0.2) is 237 Å². The Morgan fingerprint density at radius 1 is 0.267 bits per heavy atom. The van der Waals surface area contributed by atoms with Crippen molar-refractivity contribution in [3.63, 3.8) is 0 Å². The molecule has 60 heavy (non-hydrogen) atoms. The zero-order valence-electron chi connectivity index (χ0n) is 32.9. The molecule has 0 saturated heterocycles. The van der Waals surface area contributed by atoms with Crippen LogP contribution in [0, 0.1) is 0 Å². The van der Waals surface area contributed by atoms with Crippen molar-refractivity contribution in [2.75, 3.05) is 4.90 Å². The number of thiophene rings is 1. The summed E-state index contributed by atoms with van der Waals surface area (Å²) in [6.07, 6.45) is 0. The number of para-hydroxylation sites is 1. The Labute approximate surface area is 354 Å². The van der Waals surface area contributed by atoms with Crippen LogP contribution in [0.1, 0.15) is 0 Å². The number of anilines is 3. The van der Waals surface area contributed by atoms with Gasteiger partial charge in [-0.05, 0) is 115 Å². The summed E-state index contributed by atoms with van der Waals surface area (Å²) in [6.45, 7) is 0. The maximum atomic E-state index is 2.40. The van der Waals surface area contributed by atoms with E-state index in [2.05, 4.69) is 241 Å². The summed E-state index contributed by atoms with van der Waals surface area (Å²) in [7, 11) is 0. The molecule has 0 N–H and O–H groups in total. The van der Waals surface area contributed by atoms with Gasteiger partial charge in [-0.1, -0.05) is 182 Å². The average molecular weight is 782 g/mol. The van der Waals surface area contributed by atoms with Crippen LogP contribution in [0.5, 0.6) is 0 Å². The van der Waals surface area contributed by atoms with E-state index in [4.69, 9.17) is 0 Å². The standard InChI is InChI=1S/C58H39NS/c1-2-11-40(12-3-1)42-21-23-43(24-22-42)44-27-32-51(33-28-44)59(56-19-8-6-17-53(56)50-31-36-55-54-18-7-9-20-57(54)60-58(55)39-50)52-34-29-45(30-35-52)47-15-10-16-48(37-47)49-26-25-41-13-4-5-14-46(41)38-49/h1-39H. The van der Waals surface area contributed by atoms with Crippen LogP contribution in [0.3, 0.4) is 0 Å². The predicted molar refractivity (Wildman–Crippen MR) is 259 cm³/mol. The minimum atomic E-state index is 1.10. The summed E-state index contributed by atoms with van der Waals surface area (Å²) in [4.78, 5) is 2.40. The largest absolute Gasteiger partial charge is 0.310 e. The average Bonchev–Trinajstić information content (AvgIpc) is 3.70. The van der Waals surface area contributed by atoms with Gasteiger partial charge in [0.15, 0.2) is 0 Å². The smallest absolute Gasteiger partial charge is 0.0540 e. The topological polar surface area (TPSA) is 3.24 Å². The Bertz CT molecular complexity index is 3290. The molecule has 1 heterocycles. The Morgan fingerprint density at radius 2 is 0.750 bits per heavy atom. The van der Waals surface area contributed by atoms with Crippen molar-refractivity contribution in [1.29, 1.82) is 0 Å². The molecule has 2 heteroatoms. The van der Waals surface area contributed by atoms with Gasteiger partial charge in [-0.3, -0.25) is 0 Å². The molecule has 0 atom stereocenters. The first-order valence-corrected chi connectivity index (χ1v) is 21.3. The number of nitrogens with zero attached hydrogens (tertiary/aromatic N) is 1. The van der Waals surface area contributed by atoms with Gasteiger partial charge in [0, 0.05) is 37.1 Å². The van der Waals surface area contributed by atoms with E-state index in [-0.39, 0.29) is 0 Å². The van der Waals surface area contributed by atoms with Gasteiger partial charge >= 0.3 is 0 Å². The van der Waals surface area contributed by atoms with Gasteiger partial charge in [0.1, 0.15) is 0 Å². The van der Waals surface area contributed by atoms with Crippen molar-refractivity contribution in [3.8, 4) is 55.6 Å². The molecule has 11 rings (SSSR count). The second kappa shape index (κ2) is 15.3. The predicted octanol–water partition coefficient (Wildman–Crippen LogP) is 17.0. The van der Waals surface area contributed by atoms with Crippen molar-refractivity contribution in [3.05, 3.63) is 237 Å². The lowest BCUT2D eigenvalue weighted by atomic mass is 9.97. The molecule has 0 unspecified atom stereocenters. The summed E-state index contributed by atoms with van der Waals surface area (Å²) >= 11 is 1.86. The zero-order chi connectivity index (χ0) is 39.8. The van der Waals surface area contributed by atoms with Gasteiger partial charge < -0.3 is 4.90 Å². The molecule has 0 aliphatic heterocycles. The molecule has 282 valence electrons. The third kappa shape index (κ3) is 6.73. The van der Waals surface area contributed by atoms with Crippen LogP contribution in [0.4, 0.5) is 17.1 Å². The van der Waals surface area contributed by atoms with E-state index in [9.17, 15) is 0 Å². The second-order valence-electron chi connectivity index (χ2n) is 15.3. The third-order valence-corrected chi connectivity index (χ3v) is 12.8. The number of hydrogen-bond acceptors (Lipinski definition) is 2. The highest BCUT2D eigenvalue weighted by Gasteiger charge is 2.19. The Hall–Kier alpha value is -7.52. The molecule has 0 saturated carbocycles. The summed E-state index contributed by atoms with van der Waals surface area (Å²) in [5.41, 5.74) is 15.3. The maximum absolute atomic E-state index is 2.40. The summed E-state index contributed by atoms with van der Waals surface area (Å²) in [6, 6.07) is 86.1. The highest BCUT2D eigenvalue weighted by atomic mass is 32.1. The van der Waals surface area contributed by atoms with E-state index >= 15 is 0 Å². The van der Waals surface area contributed by atoms with Gasteiger partial charge in [-0.15, -0.1) is 11.3 Å². The minimum absolute atomic E-state index is 1.10. The normalized spacial score (nSPS) is 11.3. The van der Waals surface area contributed by atoms with Crippen molar-refractivity contribution >= 4 is 59.3 Å². The lowest BCUT2D eigenvalue weighted by Crippen LogP contribution is -2.11. The number of benzene rings is 10. The van der Waals surface area contributed by atoms with E-state index in [1.54, 1.807) is 0 Å². The quantitative estimate of drug-likeness (QED) is 0.148. The molecular formula is C58H39NS. The number of hydrogen-bond donors (Lipinski definition) is 0. The van der Waals surface area contributed by atoms with Crippen LogP contribution in [-0.4, -0.2) is 0 Å². The number of fused-ring (bicyclic) bond motifs is 4. The first kappa shape index (κ1) is 35.6. The molecule has 1 aromatic heterocycles. The van der Waals surface area contributed by atoms with Crippen LogP contribution in [-0.2, 0) is 0 Å². The monoisotopic (exact) mass is 781 g/mol. The molecule has 1 nitrogen and oxygen atoms in total. The van der Waals surface area contributed by atoms with Crippen LogP contribution >= 0.6 is 11.3 Å². The van der Waals surface area contributed by atoms with E-state index in [1.807, 2.05) is 11.3 Å². The fraction of sp³-hybridized carbons (Fsp3) is 0. The molecule has 11 aromatic rings. The zero-order valence-corrected chi connectivity index (χ0v) is 33.7. The molecule has 0 amide bonds. The summed E-state index contributed by atoms with van der Waals surface area (Å²) < 4.78 is 2.62. The molecule has 0 spiro atoms. The second-order valence-corrected chi connectivity index (χ2v) is 16.4. The number of rotatable bonds is 8. The van der Waals surface area contributed by atoms with Crippen molar-refractivity contribution in [2.24, 2.45) is 0 Å². The molecule has 0 bridgehead atoms. The maximum Gasteiger partial charge on any atom is 0.0540 e. The van der Waals surface area contributed by atoms with Crippen molar-refractivity contribution in [2.45, 2.75) is 0 Å². The van der Waals surface area contributed by atoms with E-state index in [0.29, 0.717) is 0 Å². The molecule has 0 aliphatic carbocycles. The first-order chi connectivity index (χ1) is 29.7. The fourth-order valence-electron chi connectivity index (χ4n) is 8.57. The third-order valence-electron chi connectivity index (χ3n) is 11.7. The molecule has 0 fully saturated rings. The molecule has 0 radical (unpaired) electrons. The van der Waals surface area contributed by atoms with Crippen molar-refractivity contribution < 1.29 is 0 Å². The first-order valence-electron chi connectivity index (χ1n) is 20.5. The van der Waals surface area contributed by atoms with E-state index < -0.39 is 0 Å². The van der Waals surface area contributed by atoms with Gasteiger partial charge in [0.25, 0.3) is 0 Å². The lowest BCUT2D eigenvalue weighted by Gasteiger charge is -2.28. The van der Waals surface area contributed by atoms with E-state index in [1.165, 1.54) is 86.6 Å². The molecule has 0 aliphatic rings. The summed E-state index contributed by atoms with van der Waals surface area (Å²) in [5, 5.41) is 5.13. The minimum Gasteiger partial charge on any atom is -0.310 e. The fourth-order valence-corrected chi connectivity index (χ4v) is 9.72. The van der Waals surface area contributed by atoms with Crippen molar-refractivity contribution in [1.82, 2.24) is 0 Å². The summed E-state index contributed by atoms with van der Waals surface area (Å²) in [5.74, 6) is 0. The Kier molecular flexibility index (Phi) is 9.11. The van der Waals surface area contributed by atoms with Gasteiger partial charge in [-0.2, -0.15) is 0 Å². The van der Waals surface area contributed by atoms with Gasteiger partial charge in [0.05, 0.1) is 5.69 Å². The van der Waals surface area contributed by atoms with Crippen LogP contribution < -0.4 is 4.90 Å². The van der Waals surface area contributed by atoms with Crippen LogP contribution in [0.25, 0.3) is 86.6 Å². The van der Waals surface area contributed by atoms with E-state index in [0.717, 1.165) is 17.1 Å². The Morgan fingerprint density at radius 3 is 1.48 bits per heavy atom. The van der Waals surface area contributed by atoms with Crippen LogP contribution in [0.2, 0.25) is 0 Å². The Balaban J connectivity index is 0.978. The van der Waals surface area contributed by atoms with Gasteiger partial charge in [-0.25, -0.2) is 0 Å². The highest BCUT2D eigenvalue weighted by Crippen LogP contribution is 2.44. The molecular weight excluding hydrogens is 743 g/mol. The van der Waals surface area contributed by atoms with Gasteiger partial charge in [0.2, 0.25) is 0 Å². The lowest BCUT2D eigenvalue weighted by molar-refractivity contribution is 1.28. The SMILES string of the molecule is c1ccc(-c2ccc(-c3ccc(N(c4ccc(-c5cccc(-c6ccc7ccccc7c6)c5)cc4)c4ccccc4-c4ccc5c(c4)sc4ccccc45)cc3)cc2)cc1.